The minimum Gasteiger partial charge on any atom is -0.381 e. The van der Waals surface area contributed by atoms with E-state index >= 15 is 0 Å². The number of aromatic nitrogens is 3. The number of hydrogen-bond donors (Lipinski definition) is 1. The highest BCUT2D eigenvalue weighted by Gasteiger charge is 2.13. The lowest BCUT2D eigenvalue weighted by molar-refractivity contribution is 0.479. The summed E-state index contributed by atoms with van der Waals surface area (Å²) in [6, 6.07) is 0. The predicted molar refractivity (Wildman–Crippen MR) is 73.7 cm³/mol. The molecule has 96 valence electrons. The number of nitrogens with zero attached hydrogens (tertiary/aromatic N) is 3. The summed E-state index contributed by atoms with van der Waals surface area (Å²) in [6.07, 6.45) is 11.2. The van der Waals surface area contributed by atoms with Gasteiger partial charge in [0.05, 0.1) is 0 Å². The zero-order valence-corrected chi connectivity index (χ0v) is 11.4. The fraction of sp³-hybridized carbons (Fsp3) is 0.429. The van der Waals surface area contributed by atoms with Gasteiger partial charge in [-0.25, -0.2) is 0 Å². The maximum absolute atomic E-state index is 4.15. The van der Waals surface area contributed by atoms with Crippen molar-refractivity contribution in [3.63, 3.8) is 0 Å². The molecule has 1 aromatic heterocycles. The first kappa shape index (κ1) is 12.6. The summed E-state index contributed by atoms with van der Waals surface area (Å²) in [5, 5.41) is 11.6. The van der Waals surface area contributed by atoms with Gasteiger partial charge in [-0.15, -0.1) is 10.2 Å². The third-order valence-electron chi connectivity index (χ3n) is 2.57. The molecule has 2 rings (SSSR count). The van der Waals surface area contributed by atoms with Crippen LogP contribution in [0, 0.1) is 0 Å². The van der Waals surface area contributed by atoms with Gasteiger partial charge in [-0.05, 0) is 33.3 Å². The highest BCUT2D eigenvalue weighted by atomic mass is 15.2. The van der Waals surface area contributed by atoms with E-state index in [2.05, 4.69) is 60.6 Å². The Bertz CT molecular complexity index is 512. The van der Waals surface area contributed by atoms with Crippen LogP contribution in [0.3, 0.4) is 0 Å². The maximum atomic E-state index is 4.15. The van der Waals surface area contributed by atoms with Crippen LogP contribution in [-0.4, -0.2) is 20.3 Å². The molecule has 0 fully saturated rings. The van der Waals surface area contributed by atoms with Crippen molar-refractivity contribution < 1.29 is 0 Å². The molecule has 1 aliphatic carbocycles. The molecular weight excluding hydrogens is 224 g/mol. The molecule has 0 bridgehead atoms. The van der Waals surface area contributed by atoms with Crippen molar-refractivity contribution in [2.75, 3.05) is 0 Å². The van der Waals surface area contributed by atoms with Gasteiger partial charge in [-0.3, -0.25) is 0 Å². The highest BCUT2D eigenvalue weighted by Crippen LogP contribution is 2.19. The fourth-order valence-corrected chi connectivity index (χ4v) is 1.87. The summed E-state index contributed by atoms with van der Waals surface area (Å²) in [6.45, 7) is 6.46. The maximum Gasteiger partial charge on any atom is 0.163 e. The monoisotopic (exact) mass is 244 g/mol. The van der Waals surface area contributed by atoms with Crippen LogP contribution in [0.15, 0.2) is 36.3 Å². The van der Waals surface area contributed by atoms with Crippen LogP contribution in [0.2, 0.25) is 0 Å². The van der Waals surface area contributed by atoms with Crippen molar-refractivity contribution in [1.82, 2.24) is 20.1 Å². The van der Waals surface area contributed by atoms with Crippen LogP contribution in [0.5, 0.6) is 0 Å². The van der Waals surface area contributed by atoms with Crippen molar-refractivity contribution in [2.24, 2.45) is 7.05 Å². The van der Waals surface area contributed by atoms with Gasteiger partial charge in [0.1, 0.15) is 6.33 Å². The Balaban J connectivity index is 2.30. The Labute approximate surface area is 108 Å². The molecule has 1 aromatic rings. The quantitative estimate of drug-likeness (QED) is 0.869. The van der Waals surface area contributed by atoms with E-state index < -0.39 is 0 Å². The zero-order chi connectivity index (χ0) is 13.2. The van der Waals surface area contributed by atoms with E-state index in [-0.39, 0.29) is 5.54 Å². The topological polar surface area (TPSA) is 42.7 Å². The molecule has 1 aliphatic rings. The Morgan fingerprint density at radius 1 is 1.33 bits per heavy atom. The number of hydrogen-bond acceptors (Lipinski definition) is 3. The molecule has 0 unspecified atom stereocenters. The van der Waals surface area contributed by atoms with E-state index in [1.54, 1.807) is 6.33 Å². The average Bonchev–Trinajstić information content (AvgIpc) is 2.54. The Kier molecular flexibility index (Phi) is 3.36. The van der Waals surface area contributed by atoms with Crippen LogP contribution in [0.4, 0.5) is 0 Å². The molecule has 4 heteroatoms. The molecule has 18 heavy (non-hydrogen) atoms. The standard InChI is InChI=1S/C14H20N4/c1-14(2,3)16-12-8-6-5-7-11(9-12)13-17-15-10-18(13)4/h5,7-10,16H,6H2,1-4H3. The van der Waals surface area contributed by atoms with Crippen molar-refractivity contribution in [3.05, 3.63) is 42.2 Å². The van der Waals surface area contributed by atoms with Gasteiger partial charge in [0.15, 0.2) is 5.82 Å². The lowest BCUT2D eigenvalue weighted by Gasteiger charge is -2.23. The first-order valence-corrected chi connectivity index (χ1v) is 6.17. The van der Waals surface area contributed by atoms with E-state index in [4.69, 9.17) is 0 Å². The first-order valence-electron chi connectivity index (χ1n) is 6.17. The second-order valence-electron chi connectivity index (χ2n) is 5.54. The zero-order valence-electron chi connectivity index (χ0n) is 11.4. The van der Waals surface area contributed by atoms with Crippen molar-refractivity contribution in [1.29, 1.82) is 0 Å². The molecule has 1 heterocycles. The van der Waals surface area contributed by atoms with Gasteiger partial charge in [-0.1, -0.05) is 18.2 Å². The van der Waals surface area contributed by atoms with Crippen LogP contribution in [-0.2, 0) is 7.05 Å². The molecule has 1 N–H and O–H groups in total. The summed E-state index contributed by atoms with van der Waals surface area (Å²) in [5.41, 5.74) is 2.26. The number of allylic oxidation sites excluding steroid dienone is 5. The Morgan fingerprint density at radius 3 is 2.72 bits per heavy atom. The van der Waals surface area contributed by atoms with Crippen LogP contribution >= 0.6 is 0 Å². The van der Waals surface area contributed by atoms with Crippen LogP contribution in [0.1, 0.15) is 33.0 Å². The molecule has 0 saturated heterocycles. The first-order chi connectivity index (χ1) is 8.46. The Hall–Kier alpha value is -1.84. The largest absolute Gasteiger partial charge is 0.381 e. The average molecular weight is 244 g/mol. The van der Waals surface area contributed by atoms with E-state index in [0.29, 0.717) is 0 Å². The number of nitrogens with one attached hydrogen (secondary N) is 1. The molecule has 0 atom stereocenters. The van der Waals surface area contributed by atoms with Crippen molar-refractivity contribution >= 4 is 5.57 Å². The highest BCUT2D eigenvalue weighted by molar-refractivity contribution is 5.72. The van der Waals surface area contributed by atoms with Crippen LogP contribution in [0.25, 0.3) is 5.57 Å². The van der Waals surface area contributed by atoms with E-state index in [9.17, 15) is 0 Å². The summed E-state index contributed by atoms with van der Waals surface area (Å²) in [5.74, 6) is 0.884. The van der Waals surface area contributed by atoms with E-state index in [1.165, 1.54) is 0 Å². The molecule has 0 aliphatic heterocycles. The summed E-state index contributed by atoms with van der Waals surface area (Å²) in [4.78, 5) is 0. The lowest BCUT2D eigenvalue weighted by atomic mass is 10.1. The van der Waals surface area contributed by atoms with Crippen LogP contribution < -0.4 is 5.32 Å². The van der Waals surface area contributed by atoms with E-state index in [1.807, 2.05) is 11.6 Å². The minimum absolute atomic E-state index is 0.0532. The van der Waals surface area contributed by atoms with Gasteiger partial charge in [0, 0.05) is 23.9 Å². The fourth-order valence-electron chi connectivity index (χ4n) is 1.87. The molecule has 0 spiro atoms. The number of rotatable bonds is 2. The summed E-state index contributed by atoms with van der Waals surface area (Å²) < 4.78 is 1.93. The van der Waals surface area contributed by atoms with Gasteiger partial charge in [0.2, 0.25) is 0 Å². The minimum atomic E-state index is 0.0532. The summed E-state index contributed by atoms with van der Waals surface area (Å²) >= 11 is 0. The number of aryl methyl sites for hydroxylation is 1. The van der Waals surface area contributed by atoms with E-state index in [0.717, 1.165) is 23.5 Å². The molecule has 0 aromatic carbocycles. The van der Waals surface area contributed by atoms with Gasteiger partial charge < -0.3 is 9.88 Å². The lowest BCUT2D eigenvalue weighted by Crippen LogP contribution is -2.34. The van der Waals surface area contributed by atoms with Crippen molar-refractivity contribution in [3.8, 4) is 0 Å². The third-order valence-corrected chi connectivity index (χ3v) is 2.57. The van der Waals surface area contributed by atoms with Crippen molar-refractivity contribution in [2.45, 2.75) is 32.7 Å². The molecular formula is C14H20N4. The third kappa shape index (κ3) is 3.09. The smallest absolute Gasteiger partial charge is 0.163 e. The molecule has 0 radical (unpaired) electrons. The predicted octanol–water partition coefficient (Wildman–Crippen LogP) is 2.43. The molecule has 4 nitrogen and oxygen atoms in total. The normalized spacial score (nSPS) is 16.0. The Morgan fingerprint density at radius 2 is 2.11 bits per heavy atom. The molecule has 0 saturated carbocycles. The van der Waals surface area contributed by atoms with Gasteiger partial charge >= 0.3 is 0 Å². The SMILES string of the molecule is Cn1cnnc1C1=CC(NC(C)(C)C)=CCC=C1. The summed E-state index contributed by atoms with van der Waals surface area (Å²) in [7, 11) is 1.95. The van der Waals surface area contributed by atoms with Gasteiger partial charge in [-0.2, -0.15) is 0 Å². The second-order valence-corrected chi connectivity index (χ2v) is 5.54. The van der Waals surface area contributed by atoms with Gasteiger partial charge in [0.25, 0.3) is 0 Å². The second kappa shape index (κ2) is 4.80. The molecule has 0 amide bonds.